The first-order valence-electron chi connectivity index (χ1n) is 5.68. The Labute approximate surface area is 115 Å². The molecule has 0 heterocycles. The van der Waals surface area contributed by atoms with Crippen LogP contribution in [-0.4, -0.2) is 11.7 Å². The molecule has 1 amide bonds. The van der Waals surface area contributed by atoms with E-state index >= 15 is 0 Å². The zero-order valence-corrected chi connectivity index (χ0v) is 10.9. The van der Waals surface area contributed by atoms with E-state index in [4.69, 9.17) is 5.73 Å². The van der Waals surface area contributed by atoms with Crippen LogP contribution in [0.2, 0.25) is 0 Å². The molecule has 0 aromatic heterocycles. The van der Waals surface area contributed by atoms with Crippen LogP contribution in [0.15, 0.2) is 53.4 Å². The summed E-state index contributed by atoms with van der Waals surface area (Å²) in [4.78, 5) is 12.6. The minimum absolute atomic E-state index is 0.153. The van der Waals surface area contributed by atoms with Crippen LogP contribution < -0.4 is 11.1 Å². The summed E-state index contributed by atoms with van der Waals surface area (Å²) >= 11 is 1.37. The number of rotatable bonds is 4. The molecule has 2 rings (SSSR count). The molecule has 0 atom stereocenters. The van der Waals surface area contributed by atoms with Gasteiger partial charge in [0.05, 0.1) is 5.75 Å². The lowest BCUT2D eigenvalue weighted by Crippen LogP contribution is -2.14. The van der Waals surface area contributed by atoms with Crippen LogP contribution >= 0.6 is 11.8 Å². The van der Waals surface area contributed by atoms with E-state index in [9.17, 15) is 9.18 Å². The summed E-state index contributed by atoms with van der Waals surface area (Å²) in [6, 6.07) is 13.0. The monoisotopic (exact) mass is 276 g/mol. The molecule has 3 N–H and O–H groups in total. The van der Waals surface area contributed by atoms with E-state index in [-0.39, 0.29) is 17.5 Å². The molecule has 98 valence electrons. The van der Waals surface area contributed by atoms with Crippen molar-refractivity contribution in [2.24, 2.45) is 0 Å². The van der Waals surface area contributed by atoms with Gasteiger partial charge in [-0.3, -0.25) is 4.79 Å². The van der Waals surface area contributed by atoms with E-state index in [1.807, 2.05) is 18.2 Å². The van der Waals surface area contributed by atoms with E-state index in [0.29, 0.717) is 11.4 Å². The lowest BCUT2D eigenvalue weighted by molar-refractivity contribution is -0.113. The average molecular weight is 276 g/mol. The fourth-order valence-electron chi connectivity index (χ4n) is 1.49. The number of anilines is 2. The molecule has 2 aromatic carbocycles. The fraction of sp³-hybridized carbons (Fsp3) is 0.0714. The van der Waals surface area contributed by atoms with Gasteiger partial charge in [-0.05, 0) is 36.4 Å². The van der Waals surface area contributed by atoms with Crippen LogP contribution in [0.1, 0.15) is 0 Å². The summed E-state index contributed by atoms with van der Waals surface area (Å²) in [5, 5.41) is 2.69. The van der Waals surface area contributed by atoms with Crippen LogP contribution in [-0.2, 0) is 4.79 Å². The molecule has 0 bridgehead atoms. The Balaban J connectivity index is 1.88. The van der Waals surface area contributed by atoms with Gasteiger partial charge in [0.2, 0.25) is 5.91 Å². The van der Waals surface area contributed by atoms with Crippen molar-refractivity contribution >= 4 is 29.0 Å². The second-order valence-electron chi connectivity index (χ2n) is 3.88. The number of carbonyl (C=O) groups excluding carboxylic acids is 1. The van der Waals surface area contributed by atoms with Gasteiger partial charge in [0.25, 0.3) is 0 Å². The predicted octanol–water partition coefficient (Wildman–Crippen LogP) is 3.14. The number of hydrogen-bond acceptors (Lipinski definition) is 3. The maximum absolute atomic E-state index is 12.7. The Morgan fingerprint density at radius 1 is 1.16 bits per heavy atom. The molecule has 0 spiro atoms. The van der Waals surface area contributed by atoms with E-state index in [1.54, 1.807) is 6.07 Å². The minimum atomic E-state index is -0.329. The van der Waals surface area contributed by atoms with Gasteiger partial charge in [-0.1, -0.05) is 12.1 Å². The van der Waals surface area contributed by atoms with Crippen molar-refractivity contribution in [1.82, 2.24) is 0 Å². The fourth-order valence-corrected chi connectivity index (χ4v) is 2.25. The zero-order valence-electron chi connectivity index (χ0n) is 10.1. The van der Waals surface area contributed by atoms with Gasteiger partial charge in [-0.2, -0.15) is 0 Å². The van der Waals surface area contributed by atoms with Gasteiger partial charge in [0.1, 0.15) is 5.82 Å². The summed E-state index contributed by atoms with van der Waals surface area (Å²) in [7, 11) is 0. The summed E-state index contributed by atoms with van der Waals surface area (Å²) in [6.07, 6.45) is 0. The van der Waals surface area contributed by atoms with Crippen molar-refractivity contribution in [3.05, 3.63) is 54.3 Å². The van der Waals surface area contributed by atoms with Gasteiger partial charge in [-0.15, -0.1) is 11.8 Å². The molecule has 0 radical (unpaired) electrons. The van der Waals surface area contributed by atoms with Crippen molar-refractivity contribution in [3.63, 3.8) is 0 Å². The predicted molar refractivity (Wildman–Crippen MR) is 76.6 cm³/mol. The first-order chi connectivity index (χ1) is 9.15. The number of nitrogens with two attached hydrogens (primary N) is 1. The number of carbonyl (C=O) groups is 1. The Morgan fingerprint density at radius 2 is 1.84 bits per heavy atom. The quantitative estimate of drug-likeness (QED) is 0.666. The molecule has 3 nitrogen and oxygen atoms in total. The Kier molecular flexibility index (Phi) is 4.41. The number of nitrogen functional groups attached to an aromatic ring is 1. The molecule has 2 aromatic rings. The third-order valence-corrected chi connectivity index (χ3v) is 3.50. The van der Waals surface area contributed by atoms with Gasteiger partial charge < -0.3 is 11.1 Å². The van der Waals surface area contributed by atoms with Crippen molar-refractivity contribution in [1.29, 1.82) is 0 Å². The summed E-state index contributed by atoms with van der Waals surface area (Å²) in [6.45, 7) is 0. The second-order valence-corrected chi connectivity index (χ2v) is 4.90. The number of benzene rings is 2. The second kappa shape index (κ2) is 6.24. The van der Waals surface area contributed by atoms with Gasteiger partial charge in [0, 0.05) is 16.3 Å². The van der Waals surface area contributed by atoms with E-state index in [0.717, 1.165) is 4.90 Å². The van der Waals surface area contributed by atoms with E-state index < -0.39 is 0 Å². The minimum Gasteiger partial charge on any atom is -0.398 e. The van der Waals surface area contributed by atoms with Gasteiger partial charge in [-0.25, -0.2) is 4.39 Å². The summed E-state index contributed by atoms with van der Waals surface area (Å²) < 4.78 is 12.7. The van der Waals surface area contributed by atoms with Crippen LogP contribution in [0.3, 0.4) is 0 Å². The Bertz CT molecular complexity index is 572. The molecule has 0 saturated carbocycles. The van der Waals surface area contributed by atoms with Crippen LogP contribution in [0, 0.1) is 5.82 Å². The number of amides is 1. The summed E-state index contributed by atoms with van der Waals surface area (Å²) in [5.74, 6) is -0.227. The number of nitrogens with one attached hydrogen (secondary N) is 1. The third kappa shape index (κ3) is 3.99. The van der Waals surface area contributed by atoms with E-state index in [2.05, 4.69) is 5.32 Å². The molecular weight excluding hydrogens is 263 g/mol. The number of hydrogen-bond donors (Lipinski definition) is 2. The highest BCUT2D eigenvalue weighted by Gasteiger charge is 2.05. The normalized spacial score (nSPS) is 10.2. The molecule has 0 aliphatic rings. The standard InChI is InChI=1S/C14H13FN2OS/c15-10-5-7-11(8-6-10)17-14(18)9-19-13-4-2-1-3-12(13)16/h1-8H,9,16H2,(H,17,18). The van der Waals surface area contributed by atoms with Crippen molar-refractivity contribution in [3.8, 4) is 0 Å². The highest BCUT2D eigenvalue weighted by molar-refractivity contribution is 8.00. The lowest BCUT2D eigenvalue weighted by atomic mass is 10.3. The maximum atomic E-state index is 12.7. The molecule has 0 aliphatic heterocycles. The molecule has 19 heavy (non-hydrogen) atoms. The number of thioether (sulfide) groups is 1. The van der Waals surface area contributed by atoms with Gasteiger partial charge in [0.15, 0.2) is 0 Å². The average Bonchev–Trinajstić information content (AvgIpc) is 2.40. The van der Waals surface area contributed by atoms with Gasteiger partial charge >= 0.3 is 0 Å². The van der Waals surface area contributed by atoms with Crippen molar-refractivity contribution in [2.45, 2.75) is 4.90 Å². The third-order valence-electron chi connectivity index (χ3n) is 2.41. The molecule has 0 saturated heterocycles. The first-order valence-corrected chi connectivity index (χ1v) is 6.66. The van der Waals surface area contributed by atoms with Crippen LogP contribution in [0.5, 0.6) is 0 Å². The lowest BCUT2D eigenvalue weighted by Gasteiger charge is -2.06. The molecular formula is C14H13FN2OS. The molecule has 0 unspecified atom stereocenters. The van der Waals surface area contributed by atoms with Crippen LogP contribution in [0.4, 0.5) is 15.8 Å². The highest BCUT2D eigenvalue weighted by atomic mass is 32.2. The largest absolute Gasteiger partial charge is 0.398 e. The zero-order chi connectivity index (χ0) is 13.7. The van der Waals surface area contributed by atoms with Crippen molar-refractivity contribution < 1.29 is 9.18 Å². The highest BCUT2D eigenvalue weighted by Crippen LogP contribution is 2.24. The number of para-hydroxylation sites is 1. The molecule has 0 aliphatic carbocycles. The Hall–Kier alpha value is -2.01. The van der Waals surface area contributed by atoms with Crippen LogP contribution in [0.25, 0.3) is 0 Å². The van der Waals surface area contributed by atoms with E-state index in [1.165, 1.54) is 36.0 Å². The summed E-state index contributed by atoms with van der Waals surface area (Å²) in [5.41, 5.74) is 7.01. The SMILES string of the molecule is Nc1ccccc1SCC(=O)Nc1ccc(F)cc1. The maximum Gasteiger partial charge on any atom is 0.234 e. The molecule has 0 fully saturated rings. The first kappa shape index (κ1) is 13.4. The van der Waals surface area contributed by atoms with Crippen molar-refractivity contribution in [2.75, 3.05) is 16.8 Å². The topological polar surface area (TPSA) is 55.1 Å². The molecule has 5 heteroatoms. The smallest absolute Gasteiger partial charge is 0.234 e. The Morgan fingerprint density at radius 3 is 2.53 bits per heavy atom. The number of halogens is 1.